The molecule has 1 amide bonds. The van der Waals surface area contributed by atoms with Crippen LogP contribution >= 0.6 is 23.7 Å². The van der Waals surface area contributed by atoms with Gasteiger partial charge >= 0.3 is 0 Å². The van der Waals surface area contributed by atoms with E-state index in [0.717, 1.165) is 34.5 Å². The zero-order chi connectivity index (χ0) is 20.2. The summed E-state index contributed by atoms with van der Waals surface area (Å²) < 4.78 is 8.32. The number of imidazole rings is 1. The van der Waals surface area contributed by atoms with Gasteiger partial charge in [-0.1, -0.05) is 29.0 Å². The van der Waals surface area contributed by atoms with E-state index in [1.807, 2.05) is 60.2 Å². The lowest BCUT2D eigenvalue weighted by atomic mass is 10.1. The maximum atomic E-state index is 13.3. The number of carbonyl (C=O) groups is 1. The van der Waals surface area contributed by atoms with Crippen LogP contribution in [0.15, 0.2) is 61.2 Å². The number of methoxy groups -OCH3 is 1. The first-order valence-electron chi connectivity index (χ1n) is 9.43. The van der Waals surface area contributed by atoms with Gasteiger partial charge in [-0.3, -0.25) is 9.69 Å². The van der Waals surface area contributed by atoms with Gasteiger partial charge in [0.2, 0.25) is 0 Å². The fourth-order valence-corrected chi connectivity index (χ4v) is 4.12. The maximum absolute atomic E-state index is 13.3. The van der Waals surface area contributed by atoms with Crippen molar-refractivity contribution in [2.24, 2.45) is 0 Å². The van der Waals surface area contributed by atoms with Crippen LogP contribution in [-0.4, -0.2) is 34.1 Å². The van der Waals surface area contributed by atoms with Gasteiger partial charge in [-0.2, -0.15) is 0 Å². The van der Waals surface area contributed by atoms with Crippen LogP contribution < -0.4 is 9.64 Å². The standard InChI is InChI=1S/C22H22N4O2S.ClH/c1-16-4-6-17(7-5-16)21(27)26(12-3-11-25-13-10-23-15-25)22-24-19-9-8-18(28-2)14-20(19)29-22;/h4-10,13-15H,3,11-12H2,1-2H3;1H. The number of benzene rings is 2. The molecular formula is C22H23ClN4O2S. The van der Waals surface area contributed by atoms with Gasteiger partial charge in [0.25, 0.3) is 5.91 Å². The van der Waals surface area contributed by atoms with Crippen LogP contribution in [0.2, 0.25) is 0 Å². The molecule has 0 bridgehead atoms. The Morgan fingerprint density at radius 1 is 1.20 bits per heavy atom. The normalized spacial score (nSPS) is 10.6. The highest BCUT2D eigenvalue weighted by molar-refractivity contribution is 7.22. The third-order valence-electron chi connectivity index (χ3n) is 4.72. The first kappa shape index (κ1) is 21.8. The summed E-state index contributed by atoms with van der Waals surface area (Å²) in [7, 11) is 1.65. The number of halogens is 1. The second kappa shape index (κ2) is 9.73. The van der Waals surface area contributed by atoms with Crippen LogP contribution in [-0.2, 0) is 6.54 Å². The van der Waals surface area contributed by atoms with Gasteiger partial charge in [-0.05, 0) is 43.7 Å². The predicted molar refractivity (Wildman–Crippen MR) is 123 cm³/mol. The molecule has 0 fully saturated rings. The van der Waals surface area contributed by atoms with Crippen molar-refractivity contribution in [3.63, 3.8) is 0 Å². The van der Waals surface area contributed by atoms with Crippen LogP contribution in [0.25, 0.3) is 10.2 Å². The average molecular weight is 443 g/mol. The highest BCUT2D eigenvalue weighted by atomic mass is 35.5. The first-order valence-corrected chi connectivity index (χ1v) is 10.2. The van der Waals surface area contributed by atoms with E-state index < -0.39 is 0 Å². The van der Waals surface area contributed by atoms with E-state index in [1.54, 1.807) is 24.5 Å². The molecule has 0 N–H and O–H groups in total. The van der Waals surface area contributed by atoms with Crippen LogP contribution in [0.1, 0.15) is 22.3 Å². The Balaban J connectivity index is 0.00000256. The van der Waals surface area contributed by atoms with Crippen molar-refractivity contribution in [3.8, 4) is 5.75 Å². The summed E-state index contributed by atoms with van der Waals surface area (Å²) in [6, 6.07) is 13.4. The number of aryl methyl sites for hydroxylation is 2. The van der Waals surface area contributed by atoms with Gasteiger partial charge in [0, 0.05) is 31.0 Å². The van der Waals surface area contributed by atoms with Crippen molar-refractivity contribution in [2.45, 2.75) is 19.9 Å². The molecule has 0 spiro atoms. The van der Waals surface area contributed by atoms with Gasteiger partial charge in [0.05, 0.1) is 23.7 Å². The summed E-state index contributed by atoms with van der Waals surface area (Å²) >= 11 is 1.50. The number of amides is 1. The Bertz CT molecular complexity index is 1110. The molecule has 4 aromatic rings. The molecule has 0 saturated heterocycles. The Morgan fingerprint density at radius 3 is 2.70 bits per heavy atom. The van der Waals surface area contributed by atoms with E-state index in [1.165, 1.54) is 11.3 Å². The fraction of sp³-hybridized carbons (Fsp3) is 0.227. The number of rotatable bonds is 7. The zero-order valence-electron chi connectivity index (χ0n) is 16.8. The molecule has 0 atom stereocenters. The van der Waals surface area contributed by atoms with Gasteiger partial charge in [0.15, 0.2) is 5.13 Å². The van der Waals surface area contributed by atoms with E-state index in [9.17, 15) is 4.79 Å². The molecule has 6 nitrogen and oxygen atoms in total. The molecule has 0 unspecified atom stereocenters. The Labute approximate surface area is 185 Å². The SMILES string of the molecule is COc1ccc2nc(N(CCCn3ccnc3)C(=O)c3ccc(C)cc3)sc2c1.Cl. The Morgan fingerprint density at radius 2 is 2.00 bits per heavy atom. The number of aromatic nitrogens is 3. The topological polar surface area (TPSA) is 60.2 Å². The number of hydrogen-bond acceptors (Lipinski definition) is 5. The van der Waals surface area contributed by atoms with Gasteiger partial charge in [-0.15, -0.1) is 12.4 Å². The molecule has 4 rings (SSSR count). The second-order valence-corrected chi connectivity index (χ2v) is 7.82. The van der Waals surface area contributed by atoms with E-state index in [-0.39, 0.29) is 18.3 Å². The van der Waals surface area contributed by atoms with Crippen molar-refractivity contribution < 1.29 is 9.53 Å². The van der Waals surface area contributed by atoms with Crippen molar-refractivity contribution in [1.82, 2.24) is 14.5 Å². The van der Waals surface area contributed by atoms with Crippen LogP contribution in [0.5, 0.6) is 5.75 Å². The minimum absolute atomic E-state index is 0. The van der Waals surface area contributed by atoms with Gasteiger partial charge < -0.3 is 9.30 Å². The summed E-state index contributed by atoms with van der Waals surface area (Å²) in [4.78, 5) is 23.9. The molecule has 0 aliphatic carbocycles. The highest BCUT2D eigenvalue weighted by Gasteiger charge is 2.21. The quantitative estimate of drug-likeness (QED) is 0.405. The van der Waals surface area contributed by atoms with Crippen molar-refractivity contribution in [3.05, 3.63) is 72.3 Å². The molecule has 2 aromatic carbocycles. The second-order valence-electron chi connectivity index (χ2n) is 6.81. The third kappa shape index (κ3) is 4.80. The van der Waals surface area contributed by atoms with Crippen LogP contribution in [0.4, 0.5) is 5.13 Å². The number of nitrogens with zero attached hydrogens (tertiary/aromatic N) is 4. The number of thiazole rings is 1. The molecule has 0 aliphatic heterocycles. The van der Waals surface area contributed by atoms with Gasteiger partial charge in [-0.25, -0.2) is 9.97 Å². The van der Waals surface area contributed by atoms with E-state index in [2.05, 4.69) is 4.98 Å². The first-order chi connectivity index (χ1) is 14.1. The summed E-state index contributed by atoms with van der Waals surface area (Å²) in [5, 5.41) is 0.699. The molecule has 0 radical (unpaired) electrons. The van der Waals surface area contributed by atoms with Crippen molar-refractivity contribution in [1.29, 1.82) is 0 Å². The maximum Gasteiger partial charge on any atom is 0.260 e. The molecule has 30 heavy (non-hydrogen) atoms. The zero-order valence-corrected chi connectivity index (χ0v) is 18.4. The Kier molecular flexibility index (Phi) is 7.07. The van der Waals surface area contributed by atoms with Crippen molar-refractivity contribution >= 4 is 45.0 Å². The predicted octanol–water partition coefficient (Wildman–Crippen LogP) is 4.97. The van der Waals surface area contributed by atoms with Crippen LogP contribution in [0.3, 0.4) is 0 Å². The van der Waals surface area contributed by atoms with E-state index in [4.69, 9.17) is 9.72 Å². The highest BCUT2D eigenvalue weighted by Crippen LogP contribution is 2.32. The summed E-state index contributed by atoms with van der Waals surface area (Å²) in [6.45, 7) is 3.37. The van der Waals surface area contributed by atoms with E-state index in [0.29, 0.717) is 17.2 Å². The number of carbonyl (C=O) groups excluding carboxylic acids is 1. The summed E-state index contributed by atoms with van der Waals surface area (Å²) in [6.07, 6.45) is 6.27. The average Bonchev–Trinajstić information content (AvgIpc) is 3.40. The molecular weight excluding hydrogens is 420 g/mol. The minimum atomic E-state index is -0.0401. The molecule has 2 aromatic heterocycles. The lowest BCUT2D eigenvalue weighted by Gasteiger charge is -2.20. The molecule has 2 heterocycles. The minimum Gasteiger partial charge on any atom is -0.497 e. The molecule has 0 saturated carbocycles. The van der Waals surface area contributed by atoms with E-state index >= 15 is 0 Å². The number of fused-ring (bicyclic) bond motifs is 1. The fourth-order valence-electron chi connectivity index (χ4n) is 3.10. The lowest BCUT2D eigenvalue weighted by Crippen LogP contribution is -2.32. The van der Waals surface area contributed by atoms with Gasteiger partial charge in [0.1, 0.15) is 5.75 Å². The molecule has 156 valence electrons. The summed E-state index contributed by atoms with van der Waals surface area (Å²) in [5.74, 6) is 0.742. The Hall–Kier alpha value is -2.90. The third-order valence-corrected chi connectivity index (χ3v) is 5.76. The lowest BCUT2D eigenvalue weighted by molar-refractivity contribution is 0.0986. The largest absolute Gasteiger partial charge is 0.497 e. The molecule has 0 aliphatic rings. The number of ether oxygens (including phenoxy) is 1. The molecule has 8 heteroatoms. The smallest absolute Gasteiger partial charge is 0.260 e. The van der Waals surface area contributed by atoms with Crippen molar-refractivity contribution in [2.75, 3.05) is 18.6 Å². The monoisotopic (exact) mass is 442 g/mol. The number of hydrogen-bond donors (Lipinski definition) is 0. The van der Waals surface area contributed by atoms with Crippen LogP contribution in [0, 0.1) is 6.92 Å². The summed E-state index contributed by atoms with van der Waals surface area (Å²) in [5.41, 5.74) is 2.65. The number of anilines is 1.